The van der Waals surface area contributed by atoms with E-state index in [1.165, 1.54) is 31.3 Å². The van der Waals surface area contributed by atoms with Gasteiger partial charge in [0.15, 0.2) is 0 Å². The van der Waals surface area contributed by atoms with E-state index in [1.807, 2.05) is 6.26 Å². The normalized spacial score (nSPS) is 33.5. The standard InChI is InChI=1S/C9H14O2S/c10-12-7-9(12)6-11-5-8-3-1-2-4-8/h5,9H,1-4,6-7H2. The van der Waals surface area contributed by atoms with Gasteiger partial charge in [-0.3, -0.25) is 4.21 Å². The van der Waals surface area contributed by atoms with Crippen molar-refractivity contribution in [3.63, 3.8) is 0 Å². The molecular formula is C9H14O2S. The number of hydrogen-bond acceptors (Lipinski definition) is 2. The minimum atomic E-state index is -0.556. The van der Waals surface area contributed by atoms with Gasteiger partial charge in [0.1, 0.15) is 6.61 Å². The molecule has 68 valence electrons. The van der Waals surface area contributed by atoms with Gasteiger partial charge in [0, 0.05) is 16.6 Å². The molecule has 1 aliphatic heterocycles. The Kier molecular flexibility index (Phi) is 2.49. The monoisotopic (exact) mass is 186 g/mol. The number of ether oxygens (including phenoxy) is 1. The van der Waals surface area contributed by atoms with Crippen LogP contribution in [-0.4, -0.2) is 21.8 Å². The topological polar surface area (TPSA) is 26.3 Å². The second-order valence-electron chi connectivity index (χ2n) is 3.49. The Bertz CT molecular complexity index is 215. The Morgan fingerprint density at radius 2 is 2.17 bits per heavy atom. The van der Waals surface area contributed by atoms with Crippen molar-refractivity contribution >= 4 is 10.8 Å². The molecule has 1 aliphatic carbocycles. The third-order valence-corrected chi connectivity index (χ3v) is 3.73. The van der Waals surface area contributed by atoms with Crippen LogP contribution in [0, 0.1) is 0 Å². The molecule has 2 unspecified atom stereocenters. The van der Waals surface area contributed by atoms with Crippen molar-refractivity contribution in [2.45, 2.75) is 30.9 Å². The van der Waals surface area contributed by atoms with Gasteiger partial charge in [0.2, 0.25) is 0 Å². The van der Waals surface area contributed by atoms with Crippen molar-refractivity contribution < 1.29 is 8.95 Å². The number of hydrogen-bond donors (Lipinski definition) is 0. The third kappa shape index (κ3) is 2.09. The molecule has 0 amide bonds. The van der Waals surface area contributed by atoms with Crippen LogP contribution in [0.2, 0.25) is 0 Å². The molecule has 1 saturated carbocycles. The van der Waals surface area contributed by atoms with Gasteiger partial charge in [-0.1, -0.05) is 0 Å². The zero-order valence-electron chi connectivity index (χ0n) is 7.12. The minimum absolute atomic E-state index is 0.336. The van der Waals surface area contributed by atoms with E-state index in [1.54, 1.807) is 0 Å². The van der Waals surface area contributed by atoms with Crippen LogP contribution in [0.15, 0.2) is 11.8 Å². The van der Waals surface area contributed by atoms with E-state index in [2.05, 4.69) is 0 Å². The first kappa shape index (κ1) is 8.30. The third-order valence-electron chi connectivity index (χ3n) is 2.38. The van der Waals surface area contributed by atoms with E-state index in [0.717, 1.165) is 5.75 Å². The predicted molar refractivity (Wildman–Crippen MR) is 49.3 cm³/mol. The van der Waals surface area contributed by atoms with Crippen LogP contribution >= 0.6 is 0 Å². The Morgan fingerprint density at radius 1 is 1.50 bits per heavy atom. The molecule has 2 atom stereocenters. The summed E-state index contributed by atoms with van der Waals surface area (Å²) < 4.78 is 16.1. The van der Waals surface area contributed by atoms with E-state index < -0.39 is 10.8 Å². The highest BCUT2D eigenvalue weighted by Crippen LogP contribution is 2.24. The maximum Gasteiger partial charge on any atom is 0.103 e. The Morgan fingerprint density at radius 3 is 2.75 bits per heavy atom. The fraction of sp³-hybridized carbons (Fsp3) is 0.778. The maximum atomic E-state index is 10.7. The largest absolute Gasteiger partial charge is 0.500 e. The Balaban J connectivity index is 1.67. The molecule has 0 spiro atoms. The highest BCUT2D eigenvalue weighted by Gasteiger charge is 2.33. The summed E-state index contributed by atoms with van der Waals surface area (Å²) in [6.45, 7) is 0.663. The van der Waals surface area contributed by atoms with Gasteiger partial charge in [0.25, 0.3) is 0 Å². The lowest BCUT2D eigenvalue weighted by molar-refractivity contribution is 0.256. The molecule has 2 rings (SSSR count). The number of allylic oxidation sites excluding steroid dienone is 1. The molecule has 2 nitrogen and oxygen atoms in total. The molecule has 0 radical (unpaired) electrons. The van der Waals surface area contributed by atoms with Gasteiger partial charge in [0.05, 0.1) is 11.5 Å². The second kappa shape index (κ2) is 3.60. The summed E-state index contributed by atoms with van der Waals surface area (Å²) in [6, 6.07) is 0. The molecule has 2 fully saturated rings. The molecule has 2 aliphatic rings. The summed E-state index contributed by atoms with van der Waals surface area (Å²) in [5.74, 6) is 0.850. The lowest BCUT2D eigenvalue weighted by Crippen LogP contribution is -1.96. The lowest BCUT2D eigenvalue weighted by atomic mass is 10.3. The van der Waals surface area contributed by atoms with Crippen LogP contribution in [0.25, 0.3) is 0 Å². The summed E-state index contributed by atoms with van der Waals surface area (Å²) >= 11 is 0. The average molecular weight is 186 g/mol. The molecule has 0 N–H and O–H groups in total. The quantitative estimate of drug-likeness (QED) is 0.494. The molecule has 1 heterocycles. The summed E-state index contributed by atoms with van der Waals surface area (Å²) in [5.41, 5.74) is 1.43. The molecule has 0 aromatic carbocycles. The predicted octanol–water partition coefficient (Wildman–Crippen LogP) is 1.59. The Labute approximate surface area is 75.4 Å². The van der Waals surface area contributed by atoms with Gasteiger partial charge < -0.3 is 4.74 Å². The number of rotatable bonds is 3. The van der Waals surface area contributed by atoms with Crippen molar-refractivity contribution in [1.29, 1.82) is 0 Å². The van der Waals surface area contributed by atoms with Crippen molar-refractivity contribution in [1.82, 2.24) is 0 Å². The van der Waals surface area contributed by atoms with Crippen molar-refractivity contribution in [3.8, 4) is 0 Å². The zero-order chi connectivity index (χ0) is 8.39. The van der Waals surface area contributed by atoms with E-state index in [0.29, 0.717) is 11.9 Å². The minimum Gasteiger partial charge on any atom is -0.500 e. The van der Waals surface area contributed by atoms with E-state index in [9.17, 15) is 4.21 Å². The van der Waals surface area contributed by atoms with Gasteiger partial charge in [-0.05, 0) is 31.3 Å². The summed E-state index contributed by atoms with van der Waals surface area (Å²) in [6.07, 6.45) is 6.92. The van der Waals surface area contributed by atoms with Gasteiger partial charge in [-0.25, -0.2) is 0 Å². The fourth-order valence-corrected chi connectivity index (χ4v) is 2.27. The SMILES string of the molecule is O=S1CC1COC=C1CCCC1. The van der Waals surface area contributed by atoms with E-state index >= 15 is 0 Å². The first-order chi connectivity index (χ1) is 5.86. The molecule has 0 aromatic rings. The first-order valence-electron chi connectivity index (χ1n) is 4.53. The zero-order valence-corrected chi connectivity index (χ0v) is 7.94. The van der Waals surface area contributed by atoms with Crippen LogP contribution in [0.3, 0.4) is 0 Å². The van der Waals surface area contributed by atoms with Crippen molar-refractivity contribution in [3.05, 3.63) is 11.8 Å². The maximum absolute atomic E-state index is 10.7. The summed E-state index contributed by atoms with van der Waals surface area (Å²) in [7, 11) is -0.556. The van der Waals surface area contributed by atoms with Crippen LogP contribution in [0.4, 0.5) is 0 Å². The molecule has 0 aromatic heterocycles. The van der Waals surface area contributed by atoms with Crippen molar-refractivity contribution in [2.75, 3.05) is 12.4 Å². The average Bonchev–Trinajstić information content (AvgIpc) is 2.58. The second-order valence-corrected chi connectivity index (χ2v) is 5.25. The van der Waals surface area contributed by atoms with E-state index in [-0.39, 0.29) is 0 Å². The molecule has 0 bridgehead atoms. The lowest BCUT2D eigenvalue weighted by Gasteiger charge is -1.98. The summed E-state index contributed by atoms with van der Waals surface area (Å²) in [4.78, 5) is 0. The van der Waals surface area contributed by atoms with Crippen LogP contribution in [0.5, 0.6) is 0 Å². The first-order valence-corrected chi connectivity index (χ1v) is 5.91. The van der Waals surface area contributed by atoms with E-state index in [4.69, 9.17) is 4.74 Å². The van der Waals surface area contributed by atoms with Crippen LogP contribution in [-0.2, 0) is 15.5 Å². The molecular weight excluding hydrogens is 172 g/mol. The van der Waals surface area contributed by atoms with Crippen LogP contribution in [0.1, 0.15) is 25.7 Å². The molecule has 1 saturated heterocycles. The van der Waals surface area contributed by atoms with Crippen molar-refractivity contribution in [2.24, 2.45) is 0 Å². The summed E-state index contributed by atoms with van der Waals surface area (Å²) in [5, 5.41) is 0.336. The molecule has 3 heteroatoms. The van der Waals surface area contributed by atoms with Gasteiger partial charge in [-0.15, -0.1) is 0 Å². The Hall–Kier alpha value is -0.310. The highest BCUT2D eigenvalue weighted by atomic mass is 32.2. The van der Waals surface area contributed by atoms with Gasteiger partial charge in [-0.2, -0.15) is 0 Å². The highest BCUT2D eigenvalue weighted by molar-refractivity contribution is 7.93. The molecule has 12 heavy (non-hydrogen) atoms. The van der Waals surface area contributed by atoms with Gasteiger partial charge >= 0.3 is 0 Å². The smallest absolute Gasteiger partial charge is 0.103 e. The fourth-order valence-electron chi connectivity index (χ4n) is 1.49. The van der Waals surface area contributed by atoms with Crippen LogP contribution < -0.4 is 0 Å².